The molecule has 4 aliphatic heterocycles. The Morgan fingerprint density at radius 2 is 2.00 bits per heavy atom. The normalized spacial score (nSPS) is 33.6. The van der Waals surface area contributed by atoms with Crippen LogP contribution in [0.2, 0.25) is 0 Å². The molecule has 1 aromatic rings. The SMILES string of the molecule is CSCCC(=O)N1C[C@H](c2cccc(F)c2F)[C@H]2[C@@H]1C1CCN2CC1. The van der Waals surface area contributed by atoms with E-state index in [4.69, 9.17) is 0 Å². The maximum Gasteiger partial charge on any atom is 0.223 e. The van der Waals surface area contributed by atoms with Gasteiger partial charge in [-0.05, 0) is 49.7 Å². The monoisotopic (exact) mass is 366 g/mol. The van der Waals surface area contributed by atoms with Crippen LogP contribution < -0.4 is 0 Å². The first-order valence-corrected chi connectivity index (χ1v) is 10.5. The van der Waals surface area contributed by atoms with Crippen molar-refractivity contribution in [2.75, 3.05) is 31.6 Å². The fourth-order valence-corrected chi connectivity index (χ4v) is 5.50. The number of piperidine rings is 3. The zero-order valence-corrected chi connectivity index (χ0v) is 15.3. The molecule has 4 saturated heterocycles. The third-order valence-corrected chi connectivity index (χ3v) is 6.83. The molecule has 3 nitrogen and oxygen atoms in total. The number of hydrogen-bond acceptors (Lipinski definition) is 3. The van der Waals surface area contributed by atoms with E-state index in [0.29, 0.717) is 24.4 Å². The first-order chi connectivity index (χ1) is 12.1. The maximum absolute atomic E-state index is 14.5. The molecule has 25 heavy (non-hydrogen) atoms. The summed E-state index contributed by atoms with van der Waals surface area (Å²) in [4.78, 5) is 17.2. The van der Waals surface area contributed by atoms with Crippen molar-refractivity contribution in [1.29, 1.82) is 0 Å². The number of carbonyl (C=O) groups excluding carboxylic acids is 1. The van der Waals surface area contributed by atoms with Gasteiger partial charge in [-0.15, -0.1) is 0 Å². The Hall–Kier alpha value is -1.14. The maximum atomic E-state index is 14.5. The highest BCUT2D eigenvalue weighted by molar-refractivity contribution is 7.98. The number of likely N-dealkylation sites (tertiary alicyclic amines) is 1. The molecule has 4 heterocycles. The van der Waals surface area contributed by atoms with Crippen LogP contribution in [-0.4, -0.2) is 59.4 Å². The molecule has 1 amide bonds. The summed E-state index contributed by atoms with van der Waals surface area (Å²) >= 11 is 1.67. The molecular formula is C19H24F2N2OS. The summed E-state index contributed by atoms with van der Waals surface area (Å²) in [7, 11) is 0. The minimum Gasteiger partial charge on any atom is -0.337 e. The van der Waals surface area contributed by atoms with Crippen LogP contribution in [0.25, 0.3) is 0 Å². The van der Waals surface area contributed by atoms with Crippen molar-refractivity contribution in [3.63, 3.8) is 0 Å². The second kappa shape index (κ2) is 6.88. The Bertz CT molecular complexity index is 663. The summed E-state index contributed by atoms with van der Waals surface area (Å²) < 4.78 is 28.3. The molecule has 3 atom stereocenters. The van der Waals surface area contributed by atoms with Crippen LogP contribution in [0.1, 0.15) is 30.7 Å². The lowest BCUT2D eigenvalue weighted by Gasteiger charge is -2.51. The van der Waals surface area contributed by atoms with Crippen LogP contribution in [0, 0.1) is 17.6 Å². The molecule has 5 rings (SSSR count). The number of nitrogens with zero attached hydrogens (tertiary/aromatic N) is 2. The predicted molar refractivity (Wildman–Crippen MR) is 95.7 cm³/mol. The van der Waals surface area contributed by atoms with Crippen molar-refractivity contribution < 1.29 is 13.6 Å². The number of amides is 1. The zero-order valence-electron chi connectivity index (χ0n) is 14.5. The molecule has 0 saturated carbocycles. The molecule has 0 spiro atoms. The zero-order chi connectivity index (χ0) is 17.6. The van der Waals surface area contributed by atoms with E-state index in [1.165, 1.54) is 6.07 Å². The van der Waals surface area contributed by atoms with Gasteiger partial charge in [-0.25, -0.2) is 8.78 Å². The highest BCUT2D eigenvalue weighted by Gasteiger charge is 2.54. The van der Waals surface area contributed by atoms with Gasteiger partial charge in [-0.1, -0.05) is 12.1 Å². The van der Waals surface area contributed by atoms with Gasteiger partial charge in [0.05, 0.1) is 6.04 Å². The number of hydrogen-bond donors (Lipinski definition) is 0. The van der Waals surface area contributed by atoms with Crippen LogP contribution in [0.3, 0.4) is 0 Å². The van der Waals surface area contributed by atoms with Gasteiger partial charge in [0.25, 0.3) is 0 Å². The van der Waals surface area contributed by atoms with Crippen molar-refractivity contribution in [2.45, 2.75) is 37.3 Å². The lowest BCUT2D eigenvalue weighted by atomic mass is 9.75. The molecule has 0 aromatic heterocycles. The summed E-state index contributed by atoms with van der Waals surface area (Å²) in [5, 5.41) is 0. The smallest absolute Gasteiger partial charge is 0.223 e. The van der Waals surface area contributed by atoms with Gasteiger partial charge in [0.15, 0.2) is 11.6 Å². The van der Waals surface area contributed by atoms with Gasteiger partial charge in [-0.2, -0.15) is 11.8 Å². The van der Waals surface area contributed by atoms with Gasteiger partial charge in [-0.3, -0.25) is 9.69 Å². The number of carbonyl (C=O) groups is 1. The molecule has 4 aliphatic rings. The molecule has 0 unspecified atom stereocenters. The van der Waals surface area contributed by atoms with Crippen LogP contribution in [0.4, 0.5) is 8.78 Å². The van der Waals surface area contributed by atoms with Gasteiger partial charge >= 0.3 is 0 Å². The van der Waals surface area contributed by atoms with E-state index < -0.39 is 11.6 Å². The quantitative estimate of drug-likeness (QED) is 0.818. The fourth-order valence-electron chi connectivity index (χ4n) is 5.12. The molecule has 0 radical (unpaired) electrons. The second-order valence-electron chi connectivity index (χ2n) is 7.39. The Morgan fingerprint density at radius 3 is 2.72 bits per heavy atom. The first kappa shape index (κ1) is 17.3. The third-order valence-electron chi connectivity index (χ3n) is 6.22. The molecule has 6 heteroatoms. The number of benzene rings is 1. The molecule has 0 N–H and O–H groups in total. The van der Waals surface area contributed by atoms with Gasteiger partial charge in [0.2, 0.25) is 5.91 Å². The highest BCUT2D eigenvalue weighted by atomic mass is 32.2. The average molecular weight is 366 g/mol. The van der Waals surface area contributed by atoms with E-state index in [-0.39, 0.29) is 23.9 Å². The first-order valence-electron chi connectivity index (χ1n) is 9.08. The van der Waals surface area contributed by atoms with Crippen molar-refractivity contribution in [2.24, 2.45) is 5.92 Å². The lowest BCUT2D eigenvalue weighted by molar-refractivity contribution is -0.135. The fraction of sp³-hybridized carbons (Fsp3) is 0.632. The summed E-state index contributed by atoms with van der Waals surface area (Å²) in [6.07, 6.45) is 4.73. The van der Waals surface area contributed by atoms with Crippen LogP contribution in [-0.2, 0) is 4.79 Å². The molecule has 136 valence electrons. The summed E-state index contributed by atoms with van der Waals surface area (Å²) in [6, 6.07) is 4.73. The van der Waals surface area contributed by atoms with Gasteiger partial charge in [0.1, 0.15) is 0 Å². The van der Waals surface area contributed by atoms with Gasteiger partial charge < -0.3 is 4.90 Å². The summed E-state index contributed by atoms with van der Waals surface area (Å²) in [5.74, 6) is -0.209. The standard InChI is InChI=1S/C19H24F2N2OS/c1-25-10-7-16(24)23-11-14(13-3-2-4-15(20)17(13)21)19-18(23)12-5-8-22(19)9-6-12/h2-4,12,14,18-19H,5-11H2,1H3/t14-,18+,19+/m1/s1. The van der Waals surface area contributed by atoms with Crippen LogP contribution >= 0.6 is 11.8 Å². The Kier molecular flexibility index (Phi) is 4.75. The predicted octanol–water partition coefficient (Wildman–Crippen LogP) is 3.11. The van der Waals surface area contributed by atoms with E-state index in [0.717, 1.165) is 31.7 Å². The third kappa shape index (κ3) is 2.87. The second-order valence-corrected chi connectivity index (χ2v) is 8.38. The molecule has 0 aliphatic carbocycles. The summed E-state index contributed by atoms with van der Waals surface area (Å²) in [6.45, 7) is 2.52. The molecular weight excluding hydrogens is 342 g/mol. The highest BCUT2D eigenvalue weighted by Crippen LogP contribution is 2.47. The van der Waals surface area contributed by atoms with Crippen molar-refractivity contribution in [3.8, 4) is 0 Å². The Balaban J connectivity index is 1.68. The molecule has 4 fully saturated rings. The number of rotatable bonds is 4. The topological polar surface area (TPSA) is 23.6 Å². The van der Waals surface area contributed by atoms with E-state index in [1.54, 1.807) is 23.9 Å². The Labute approximate surface area is 151 Å². The van der Waals surface area contributed by atoms with E-state index in [1.807, 2.05) is 11.2 Å². The molecule has 2 bridgehead atoms. The van der Waals surface area contributed by atoms with Crippen LogP contribution in [0.15, 0.2) is 18.2 Å². The lowest BCUT2D eigenvalue weighted by Crippen LogP contribution is -2.60. The van der Waals surface area contributed by atoms with Gasteiger partial charge in [0, 0.05) is 30.7 Å². The number of halogens is 2. The van der Waals surface area contributed by atoms with Crippen LogP contribution in [0.5, 0.6) is 0 Å². The minimum absolute atomic E-state index is 0.127. The van der Waals surface area contributed by atoms with Crippen molar-refractivity contribution in [1.82, 2.24) is 9.80 Å². The summed E-state index contributed by atoms with van der Waals surface area (Å²) in [5.41, 5.74) is 0.433. The van der Waals surface area contributed by atoms with E-state index >= 15 is 0 Å². The van der Waals surface area contributed by atoms with E-state index in [2.05, 4.69) is 4.90 Å². The average Bonchev–Trinajstić information content (AvgIpc) is 3.06. The molecule has 1 aromatic carbocycles. The van der Waals surface area contributed by atoms with Crippen molar-refractivity contribution >= 4 is 17.7 Å². The number of thioether (sulfide) groups is 1. The van der Waals surface area contributed by atoms with Crippen molar-refractivity contribution in [3.05, 3.63) is 35.4 Å². The Morgan fingerprint density at radius 1 is 1.24 bits per heavy atom. The largest absolute Gasteiger partial charge is 0.337 e. The minimum atomic E-state index is -0.794. The van der Waals surface area contributed by atoms with E-state index in [9.17, 15) is 13.6 Å². The number of fused-ring (bicyclic) bond motifs is 2.